The fourth-order valence-electron chi connectivity index (χ4n) is 2.41. The zero-order valence-corrected chi connectivity index (χ0v) is 12.8. The average Bonchev–Trinajstić information content (AvgIpc) is 2.53. The van der Waals surface area contributed by atoms with Gasteiger partial charge in [0.05, 0.1) is 6.54 Å². The second kappa shape index (κ2) is 8.06. The summed E-state index contributed by atoms with van der Waals surface area (Å²) in [7, 11) is 0. The first kappa shape index (κ1) is 18.1. The van der Waals surface area contributed by atoms with E-state index in [0.29, 0.717) is 19.6 Å². The predicted octanol–water partition coefficient (Wildman–Crippen LogP) is 0.416. The van der Waals surface area contributed by atoms with Gasteiger partial charge in [-0.15, -0.1) is 0 Å². The largest absolute Gasteiger partial charge is 0.405 e. The minimum absolute atomic E-state index is 0.0965. The molecule has 10 heteroatoms. The molecule has 1 aliphatic heterocycles. The highest BCUT2D eigenvalue weighted by atomic mass is 19.4. The first-order chi connectivity index (χ1) is 11.3. The number of carbonyl (C=O) groups excluding carboxylic acids is 2. The average molecular weight is 345 g/mol. The van der Waals surface area contributed by atoms with Crippen molar-refractivity contribution in [2.75, 3.05) is 32.7 Å². The van der Waals surface area contributed by atoms with E-state index in [0.717, 1.165) is 5.56 Å². The van der Waals surface area contributed by atoms with Crippen LogP contribution in [0.3, 0.4) is 0 Å². The van der Waals surface area contributed by atoms with Gasteiger partial charge in [0.15, 0.2) is 0 Å². The summed E-state index contributed by atoms with van der Waals surface area (Å²) in [6.07, 6.45) is -1.19. The highest BCUT2D eigenvalue weighted by Crippen LogP contribution is 2.20. The molecule has 3 N–H and O–H groups in total. The van der Waals surface area contributed by atoms with E-state index in [1.807, 2.05) is 16.3 Å². The minimum Gasteiger partial charge on any atom is -0.329 e. The normalized spacial score (nSPS) is 18.9. The highest BCUT2D eigenvalue weighted by molar-refractivity contribution is 5.95. The molecule has 1 aromatic heterocycles. The molecular weight excluding hydrogens is 327 g/mol. The molecule has 1 atom stereocenters. The van der Waals surface area contributed by atoms with Gasteiger partial charge in [0, 0.05) is 38.1 Å². The number of imide groups is 1. The Hall–Kier alpha value is -2.20. The van der Waals surface area contributed by atoms with Gasteiger partial charge in [-0.3, -0.25) is 20.0 Å². The lowest BCUT2D eigenvalue weighted by Crippen LogP contribution is -2.51. The Bertz CT molecular complexity index is 567. The van der Waals surface area contributed by atoms with Gasteiger partial charge >= 0.3 is 12.2 Å². The third kappa shape index (κ3) is 5.78. The summed E-state index contributed by atoms with van der Waals surface area (Å²) in [4.78, 5) is 29.1. The molecule has 3 amide bonds. The number of urea groups is 1. The Morgan fingerprint density at radius 3 is 2.88 bits per heavy atom. The van der Waals surface area contributed by atoms with Gasteiger partial charge in [-0.05, 0) is 11.6 Å². The number of carbonyl (C=O) groups is 2. The maximum Gasteiger partial charge on any atom is 0.405 e. The fourth-order valence-corrected chi connectivity index (χ4v) is 2.41. The first-order valence-corrected chi connectivity index (χ1v) is 7.34. The van der Waals surface area contributed by atoms with E-state index in [1.165, 1.54) is 0 Å². The van der Waals surface area contributed by atoms with Crippen molar-refractivity contribution in [1.82, 2.24) is 25.8 Å². The monoisotopic (exact) mass is 345 g/mol. The molecule has 0 saturated carbocycles. The van der Waals surface area contributed by atoms with Gasteiger partial charge in [0.2, 0.25) is 5.91 Å². The second-order valence-corrected chi connectivity index (χ2v) is 5.32. The molecule has 1 aliphatic rings. The number of halogens is 3. The summed E-state index contributed by atoms with van der Waals surface area (Å²) in [6, 6.07) is 2.40. The predicted molar refractivity (Wildman–Crippen MR) is 79.0 cm³/mol. The van der Waals surface area contributed by atoms with Crippen LogP contribution in [-0.4, -0.2) is 60.7 Å². The number of nitrogens with one attached hydrogen (secondary N) is 3. The minimum atomic E-state index is -4.52. The van der Waals surface area contributed by atoms with Crippen molar-refractivity contribution < 1.29 is 22.8 Å². The number of aromatic nitrogens is 1. The molecule has 0 bridgehead atoms. The van der Waals surface area contributed by atoms with E-state index in [1.54, 1.807) is 23.8 Å². The second-order valence-electron chi connectivity index (χ2n) is 5.32. The van der Waals surface area contributed by atoms with Gasteiger partial charge in [-0.1, -0.05) is 6.07 Å². The maximum atomic E-state index is 12.0. The number of alkyl halides is 3. The maximum absolute atomic E-state index is 12.0. The number of amides is 3. The number of nitrogens with zero attached hydrogens (tertiary/aromatic N) is 2. The van der Waals surface area contributed by atoms with Crippen molar-refractivity contribution in [2.45, 2.75) is 12.2 Å². The fraction of sp³-hybridized carbons (Fsp3) is 0.500. The van der Waals surface area contributed by atoms with Crippen LogP contribution in [0.2, 0.25) is 0 Å². The number of hydrogen-bond acceptors (Lipinski definition) is 5. The van der Waals surface area contributed by atoms with Gasteiger partial charge in [0.25, 0.3) is 0 Å². The molecule has 2 heterocycles. The molecule has 0 spiro atoms. The van der Waals surface area contributed by atoms with Crippen LogP contribution in [0, 0.1) is 0 Å². The summed E-state index contributed by atoms with van der Waals surface area (Å²) in [5, 5.41) is 6.71. The molecule has 1 fully saturated rings. The standard InChI is InChI=1S/C14H18F3N5O2/c15-14(16,17)9-20-13(24)21-12(23)8-22-5-4-19-7-11(22)10-2-1-3-18-6-10/h1-3,6,11,19H,4-5,7-9H2,(H2,20,21,23,24). The number of pyridine rings is 1. The number of rotatable bonds is 4. The lowest BCUT2D eigenvalue weighted by atomic mass is 10.1. The van der Waals surface area contributed by atoms with Gasteiger partial charge in [0.1, 0.15) is 6.54 Å². The Morgan fingerprint density at radius 1 is 1.42 bits per heavy atom. The van der Waals surface area contributed by atoms with Crippen LogP contribution in [0.4, 0.5) is 18.0 Å². The smallest absolute Gasteiger partial charge is 0.329 e. The van der Waals surface area contributed by atoms with Crippen LogP contribution in [0.5, 0.6) is 0 Å². The lowest BCUT2D eigenvalue weighted by molar-refractivity contribution is -0.125. The van der Waals surface area contributed by atoms with Crippen molar-refractivity contribution >= 4 is 11.9 Å². The molecule has 24 heavy (non-hydrogen) atoms. The van der Waals surface area contributed by atoms with Crippen molar-refractivity contribution in [1.29, 1.82) is 0 Å². The van der Waals surface area contributed by atoms with Crippen molar-refractivity contribution in [3.05, 3.63) is 30.1 Å². The molecule has 0 aromatic carbocycles. The van der Waals surface area contributed by atoms with E-state index >= 15 is 0 Å². The summed E-state index contributed by atoms with van der Waals surface area (Å²) >= 11 is 0. The van der Waals surface area contributed by atoms with Crippen LogP contribution in [0.15, 0.2) is 24.5 Å². The van der Waals surface area contributed by atoms with Gasteiger partial charge in [-0.2, -0.15) is 13.2 Å². The Labute approximate surface area is 136 Å². The highest BCUT2D eigenvalue weighted by Gasteiger charge is 2.29. The molecule has 132 valence electrons. The van der Waals surface area contributed by atoms with Crippen LogP contribution >= 0.6 is 0 Å². The Kier molecular flexibility index (Phi) is 6.10. The van der Waals surface area contributed by atoms with E-state index in [2.05, 4.69) is 10.3 Å². The molecule has 1 saturated heterocycles. The Morgan fingerprint density at radius 2 is 2.21 bits per heavy atom. The number of piperazine rings is 1. The summed E-state index contributed by atoms with van der Waals surface area (Å²) in [5.41, 5.74) is 0.916. The summed E-state index contributed by atoms with van der Waals surface area (Å²) in [5.74, 6) is -0.662. The molecule has 1 aromatic rings. The molecule has 0 aliphatic carbocycles. The van der Waals surface area contributed by atoms with Crippen LogP contribution in [-0.2, 0) is 4.79 Å². The quantitative estimate of drug-likeness (QED) is 0.736. The Balaban J connectivity index is 1.88. The SMILES string of the molecule is O=C(CN1CCNCC1c1cccnc1)NC(=O)NCC(F)(F)F. The van der Waals surface area contributed by atoms with Crippen LogP contribution < -0.4 is 16.0 Å². The number of hydrogen-bond donors (Lipinski definition) is 3. The van der Waals surface area contributed by atoms with E-state index in [9.17, 15) is 22.8 Å². The lowest BCUT2D eigenvalue weighted by Gasteiger charge is -2.35. The van der Waals surface area contributed by atoms with Gasteiger partial charge < -0.3 is 10.6 Å². The molecule has 7 nitrogen and oxygen atoms in total. The zero-order chi connectivity index (χ0) is 17.6. The topological polar surface area (TPSA) is 86.4 Å². The van der Waals surface area contributed by atoms with Crippen molar-refractivity contribution in [2.24, 2.45) is 0 Å². The third-order valence-corrected chi connectivity index (χ3v) is 3.47. The van der Waals surface area contributed by atoms with E-state index in [4.69, 9.17) is 0 Å². The summed E-state index contributed by atoms with van der Waals surface area (Å²) < 4.78 is 36.0. The molecule has 0 radical (unpaired) electrons. The van der Waals surface area contributed by atoms with E-state index in [-0.39, 0.29) is 12.6 Å². The molecular formula is C14H18F3N5O2. The van der Waals surface area contributed by atoms with Crippen molar-refractivity contribution in [3.63, 3.8) is 0 Å². The third-order valence-electron chi connectivity index (χ3n) is 3.47. The van der Waals surface area contributed by atoms with Crippen molar-refractivity contribution in [3.8, 4) is 0 Å². The van der Waals surface area contributed by atoms with Gasteiger partial charge in [-0.25, -0.2) is 4.79 Å². The zero-order valence-electron chi connectivity index (χ0n) is 12.8. The molecule has 2 rings (SSSR count). The van der Waals surface area contributed by atoms with Crippen LogP contribution in [0.25, 0.3) is 0 Å². The van der Waals surface area contributed by atoms with E-state index < -0.39 is 24.7 Å². The summed E-state index contributed by atoms with van der Waals surface area (Å²) in [6.45, 7) is 0.263. The molecule has 1 unspecified atom stereocenters. The van der Waals surface area contributed by atoms with Crippen LogP contribution in [0.1, 0.15) is 11.6 Å². The first-order valence-electron chi connectivity index (χ1n) is 7.34.